The molecule has 0 unspecified atom stereocenters. The Morgan fingerprint density at radius 2 is 2.16 bits per heavy atom. The van der Waals surface area contributed by atoms with Gasteiger partial charge in [-0.1, -0.05) is 6.07 Å². The number of ether oxygens (including phenoxy) is 1. The first-order chi connectivity index (χ1) is 9.34. The first-order valence-electron chi connectivity index (χ1n) is 6.08. The van der Waals surface area contributed by atoms with Crippen LogP contribution in [0.25, 0.3) is 0 Å². The van der Waals surface area contributed by atoms with Crippen LogP contribution in [-0.2, 0) is 4.79 Å². The minimum absolute atomic E-state index is 0.0616. The van der Waals surface area contributed by atoms with E-state index in [1.54, 1.807) is 30.7 Å². The highest BCUT2D eigenvalue weighted by atomic mass is 16.5. The van der Waals surface area contributed by atoms with Crippen molar-refractivity contribution < 1.29 is 9.53 Å². The van der Waals surface area contributed by atoms with E-state index in [-0.39, 0.29) is 5.91 Å². The molecule has 19 heavy (non-hydrogen) atoms. The van der Waals surface area contributed by atoms with Crippen molar-refractivity contribution in [3.05, 3.63) is 48.9 Å². The summed E-state index contributed by atoms with van der Waals surface area (Å²) in [4.78, 5) is 19.6. The molecule has 98 valence electrons. The van der Waals surface area contributed by atoms with Crippen molar-refractivity contribution in [2.45, 2.75) is 12.8 Å². The third-order valence-corrected chi connectivity index (χ3v) is 2.38. The van der Waals surface area contributed by atoms with Crippen molar-refractivity contribution in [3.63, 3.8) is 0 Å². The van der Waals surface area contributed by atoms with Crippen LogP contribution >= 0.6 is 0 Å². The molecule has 5 nitrogen and oxygen atoms in total. The number of aromatic nitrogens is 2. The Morgan fingerprint density at radius 1 is 1.21 bits per heavy atom. The maximum Gasteiger partial charge on any atom is 0.225 e. The van der Waals surface area contributed by atoms with E-state index in [1.165, 1.54) is 0 Å². The molecule has 0 aliphatic carbocycles. The van der Waals surface area contributed by atoms with Crippen LogP contribution in [0.15, 0.2) is 48.9 Å². The normalized spacial score (nSPS) is 9.89. The Labute approximate surface area is 111 Å². The number of carbonyl (C=O) groups is 1. The average molecular weight is 257 g/mol. The van der Waals surface area contributed by atoms with Gasteiger partial charge < -0.3 is 10.1 Å². The van der Waals surface area contributed by atoms with Crippen molar-refractivity contribution in [2.24, 2.45) is 0 Å². The molecule has 5 heteroatoms. The number of amides is 1. The van der Waals surface area contributed by atoms with Crippen LogP contribution in [0, 0.1) is 0 Å². The molecule has 2 rings (SSSR count). The van der Waals surface area contributed by atoms with Crippen LogP contribution < -0.4 is 10.1 Å². The van der Waals surface area contributed by atoms with Crippen LogP contribution in [0.5, 0.6) is 5.75 Å². The molecule has 0 aliphatic rings. The van der Waals surface area contributed by atoms with Gasteiger partial charge in [-0.05, 0) is 30.7 Å². The van der Waals surface area contributed by atoms with Crippen LogP contribution in [0.1, 0.15) is 12.8 Å². The molecule has 1 N–H and O–H groups in total. The predicted octanol–water partition coefficient (Wildman–Crippen LogP) is 2.27. The zero-order chi connectivity index (χ0) is 13.3. The molecule has 0 fully saturated rings. The molecule has 1 amide bonds. The number of nitrogens with zero attached hydrogens (tertiary/aromatic N) is 2. The van der Waals surface area contributed by atoms with Crippen molar-refractivity contribution in [1.29, 1.82) is 0 Å². The molecular weight excluding hydrogens is 242 g/mol. The molecule has 2 aromatic heterocycles. The summed E-state index contributed by atoms with van der Waals surface area (Å²) < 4.78 is 5.45. The van der Waals surface area contributed by atoms with Gasteiger partial charge in [0.2, 0.25) is 5.91 Å². The van der Waals surface area contributed by atoms with E-state index in [4.69, 9.17) is 4.74 Å². The first-order valence-corrected chi connectivity index (χ1v) is 6.08. The number of anilines is 1. The molecule has 0 atom stereocenters. The molecule has 0 aromatic carbocycles. The van der Waals surface area contributed by atoms with Gasteiger partial charge in [0.05, 0.1) is 12.8 Å². The van der Waals surface area contributed by atoms with Crippen LogP contribution in [0.3, 0.4) is 0 Å². The minimum Gasteiger partial charge on any atom is -0.492 e. The zero-order valence-electron chi connectivity index (χ0n) is 10.5. The van der Waals surface area contributed by atoms with E-state index in [9.17, 15) is 4.79 Å². The third-order valence-electron chi connectivity index (χ3n) is 2.38. The number of hydrogen-bond acceptors (Lipinski definition) is 4. The maximum atomic E-state index is 11.6. The molecule has 0 spiro atoms. The van der Waals surface area contributed by atoms with Crippen molar-refractivity contribution >= 4 is 11.7 Å². The van der Waals surface area contributed by atoms with Gasteiger partial charge >= 0.3 is 0 Å². The lowest BCUT2D eigenvalue weighted by molar-refractivity contribution is -0.116. The largest absolute Gasteiger partial charge is 0.492 e. The highest BCUT2D eigenvalue weighted by molar-refractivity contribution is 5.89. The third kappa shape index (κ3) is 4.75. The summed E-state index contributed by atoms with van der Waals surface area (Å²) in [6.07, 6.45) is 6.02. The lowest BCUT2D eigenvalue weighted by Crippen LogP contribution is -2.13. The minimum atomic E-state index is -0.0616. The predicted molar refractivity (Wildman–Crippen MR) is 71.8 cm³/mol. The monoisotopic (exact) mass is 257 g/mol. The fourth-order valence-corrected chi connectivity index (χ4v) is 1.50. The number of pyridine rings is 2. The van der Waals surface area contributed by atoms with Crippen LogP contribution in [0.2, 0.25) is 0 Å². The summed E-state index contributed by atoms with van der Waals surface area (Å²) in [7, 11) is 0. The van der Waals surface area contributed by atoms with Gasteiger partial charge in [0.15, 0.2) is 0 Å². The van der Waals surface area contributed by atoms with Gasteiger partial charge in [-0.15, -0.1) is 0 Å². The van der Waals surface area contributed by atoms with Gasteiger partial charge in [-0.2, -0.15) is 0 Å². The van der Waals surface area contributed by atoms with E-state index in [2.05, 4.69) is 15.3 Å². The van der Waals surface area contributed by atoms with E-state index in [1.807, 2.05) is 18.2 Å². The van der Waals surface area contributed by atoms with Gasteiger partial charge in [-0.25, -0.2) is 4.98 Å². The summed E-state index contributed by atoms with van der Waals surface area (Å²) in [5, 5.41) is 2.72. The standard InChI is InChI=1S/C14H15N3O2/c18-14(17-13-6-1-2-9-16-13)7-4-10-19-12-5-3-8-15-11-12/h1-3,5-6,8-9,11H,4,7,10H2,(H,16,17,18). The lowest BCUT2D eigenvalue weighted by atomic mass is 10.3. The molecule has 0 bridgehead atoms. The molecular formula is C14H15N3O2. The van der Waals surface area contributed by atoms with Crippen molar-refractivity contribution in [3.8, 4) is 5.75 Å². The molecule has 0 saturated carbocycles. The van der Waals surface area contributed by atoms with E-state index in [0.717, 1.165) is 0 Å². The summed E-state index contributed by atoms with van der Waals surface area (Å²) >= 11 is 0. The Bertz CT molecular complexity index is 503. The summed E-state index contributed by atoms with van der Waals surface area (Å²) in [5.41, 5.74) is 0. The second kappa shape index (κ2) is 7.10. The van der Waals surface area contributed by atoms with Gasteiger partial charge in [-0.3, -0.25) is 9.78 Å². The van der Waals surface area contributed by atoms with Gasteiger partial charge in [0, 0.05) is 18.8 Å². The van der Waals surface area contributed by atoms with Crippen LogP contribution in [-0.4, -0.2) is 22.5 Å². The molecule has 0 aliphatic heterocycles. The Balaban J connectivity index is 1.65. The van der Waals surface area contributed by atoms with E-state index in [0.29, 0.717) is 31.0 Å². The number of hydrogen-bond donors (Lipinski definition) is 1. The fourth-order valence-electron chi connectivity index (χ4n) is 1.50. The average Bonchev–Trinajstić information content (AvgIpc) is 2.46. The first kappa shape index (κ1) is 13.0. The number of nitrogens with one attached hydrogen (secondary N) is 1. The topological polar surface area (TPSA) is 64.1 Å². The summed E-state index contributed by atoms with van der Waals surface area (Å²) in [6, 6.07) is 9.03. The SMILES string of the molecule is O=C(CCCOc1cccnc1)Nc1ccccn1. The molecule has 2 aromatic rings. The highest BCUT2D eigenvalue weighted by Gasteiger charge is 2.02. The summed E-state index contributed by atoms with van der Waals surface area (Å²) in [5.74, 6) is 1.22. The zero-order valence-corrected chi connectivity index (χ0v) is 10.5. The molecule has 2 heterocycles. The molecule has 0 saturated heterocycles. The Hall–Kier alpha value is -2.43. The second-order valence-corrected chi connectivity index (χ2v) is 3.90. The fraction of sp³-hybridized carbons (Fsp3) is 0.214. The number of rotatable bonds is 6. The van der Waals surface area contributed by atoms with Crippen molar-refractivity contribution in [2.75, 3.05) is 11.9 Å². The molecule has 0 radical (unpaired) electrons. The highest BCUT2D eigenvalue weighted by Crippen LogP contribution is 2.07. The summed E-state index contributed by atoms with van der Waals surface area (Å²) in [6.45, 7) is 0.487. The van der Waals surface area contributed by atoms with Gasteiger partial charge in [0.25, 0.3) is 0 Å². The Kier molecular flexibility index (Phi) is 4.87. The lowest BCUT2D eigenvalue weighted by Gasteiger charge is -2.06. The van der Waals surface area contributed by atoms with Crippen LogP contribution in [0.4, 0.5) is 5.82 Å². The smallest absolute Gasteiger partial charge is 0.225 e. The maximum absolute atomic E-state index is 11.6. The number of carbonyl (C=O) groups excluding carboxylic acids is 1. The van der Waals surface area contributed by atoms with E-state index >= 15 is 0 Å². The second-order valence-electron chi connectivity index (χ2n) is 3.90. The van der Waals surface area contributed by atoms with E-state index < -0.39 is 0 Å². The Morgan fingerprint density at radius 3 is 2.89 bits per heavy atom. The van der Waals surface area contributed by atoms with Crippen molar-refractivity contribution in [1.82, 2.24) is 9.97 Å². The van der Waals surface area contributed by atoms with Gasteiger partial charge in [0.1, 0.15) is 11.6 Å². The quantitative estimate of drug-likeness (QED) is 0.806.